The van der Waals surface area contributed by atoms with E-state index in [1.165, 1.54) is 36.4 Å². The van der Waals surface area contributed by atoms with Gasteiger partial charge in [0, 0.05) is 22.0 Å². The van der Waals surface area contributed by atoms with Gasteiger partial charge in [-0.05, 0) is 67.8 Å². The summed E-state index contributed by atoms with van der Waals surface area (Å²) in [6.45, 7) is 0. The molecule has 6 nitrogen and oxygen atoms in total. The van der Waals surface area contributed by atoms with Crippen molar-refractivity contribution in [3.8, 4) is 0 Å². The van der Waals surface area contributed by atoms with Gasteiger partial charge in [0.05, 0.1) is 11.8 Å². The van der Waals surface area contributed by atoms with Crippen molar-refractivity contribution in [3.63, 3.8) is 0 Å². The first-order valence-corrected chi connectivity index (χ1v) is 12.1. The third-order valence-electron chi connectivity index (χ3n) is 6.44. The fourth-order valence-corrected chi connectivity index (χ4v) is 5.06. The summed E-state index contributed by atoms with van der Waals surface area (Å²) in [4.78, 5) is 54.0. The van der Waals surface area contributed by atoms with Gasteiger partial charge >= 0.3 is 0 Å². The Bertz CT molecular complexity index is 1080. The normalized spacial score (nSPS) is 20.7. The number of carbonyl (C=O) groups excluding carboxylic acids is 4. The minimum Gasteiger partial charge on any atom is -0.292 e. The van der Waals surface area contributed by atoms with Crippen molar-refractivity contribution in [2.75, 3.05) is 5.88 Å². The van der Waals surface area contributed by atoms with Crippen LogP contribution in [0.25, 0.3) is 0 Å². The summed E-state index contributed by atoms with van der Waals surface area (Å²) in [6.07, 6.45) is 2.74. The third kappa shape index (κ3) is 4.59. The maximum atomic E-state index is 13.7. The van der Waals surface area contributed by atoms with Crippen LogP contribution >= 0.6 is 23.2 Å². The number of alkyl halides is 1. The highest BCUT2D eigenvalue weighted by molar-refractivity contribution is 6.30. The highest BCUT2D eigenvalue weighted by Gasteiger charge is 2.53. The molecule has 2 fully saturated rings. The molecule has 0 aromatic heterocycles. The van der Waals surface area contributed by atoms with E-state index in [-0.39, 0.29) is 23.4 Å². The molecule has 3 atom stereocenters. The fourth-order valence-electron chi connectivity index (χ4n) is 4.73. The lowest BCUT2D eigenvalue weighted by atomic mass is 9.81. The van der Waals surface area contributed by atoms with E-state index in [1.54, 1.807) is 0 Å². The minimum absolute atomic E-state index is 0.00885. The van der Waals surface area contributed by atoms with Gasteiger partial charge in [0.1, 0.15) is 11.9 Å². The lowest BCUT2D eigenvalue weighted by Gasteiger charge is -2.36. The zero-order chi connectivity index (χ0) is 24.4. The van der Waals surface area contributed by atoms with Crippen LogP contribution in [0, 0.1) is 17.7 Å². The van der Waals surface area contributed by atoms with Crippen LogP contribution in [0.4, 0.5) is 4.39 Å². The predicted octanol–water partition coefficient (Wildman–Crippen LogP) is 4.89. The molecule has 2 aliphatic rings. The molecule has 178 valence electrons. The molecule has 3 amide bonds. The molecular weight excluding hydrogens is 482 g/mol. The van der Waals surface area contributed by atoms with Gasteiger partial charge in [0.25, 0.3) is 17.7 Å². The number of hydrogen-bond acceptors (Lipinski definition) is 4. The quantitative estimate of drug-likeness (QED) is 0.305. The van der Waals surface area contributed by atoms with Crippen molar-refractivity contribution in [2.45, 2.75) is 38.1 Å². The zero-order valence-corrected chi connectivity index (χ0v) is 19.8. The number of ketones is 1. The number of amides is 3. The van der Waals surface area contributed by atoms with Crippen molar-refractivity contribution in [2.24, 2.45) is 11.8 Å². The summed E-state index contributed by atoms with van der Waals surface area (Å²) < 4.78 is 13.5. The van der Waals surface area contributed by atoms with Crippen LogP contribution < -0.4 is 0 Å². The molecule has 0 radical (unpaired) electrons. The Morgan fingerprint density at radius 1 is 0.941 bits per heavy atom. The lowest BCUT2D eigenvalue weighted by Crippen LogP contribution is -2.57. The second-order valence-corrected chi connectivity index (χ2v) is 9.32. The molecule has 1 saturated carbocycles. The Morgan fingerprint density at radius 2 is 1.47 bits per heavy atom. The molecule has 9 heteroatoms. The molecule has 0 spiro atoms. The van der Waals surface area contributed by atoms with Crippen LogP contribution in [0.5, 0.6) is 0 Å². The van der Waals surface area contributed by atoms with Gasteiger partial charge in [-0.3, -0.25) is 19.2 Å². The molecule has 34 heavy (non-hydrogen) atoms. The monoisotopic (exact) mass is 504 g/mol. The molecule has 4 rings (SSSR count). The molecule has 2 aromatic rings. The number of rotatable bonds is 7. The summed E-state index contributed by atoms with van der Waals surface area (Å²) >= 11 is 12.0. The van der Waals surface area contributed by atoms with Crippen LogP contribution in [-0.2, 0) is 9.59 Å². The average Bonchev–Trinajstić information content (AvgIpc) is 3.09. The van der Waals surface area contributed by atoms with Crippen molar-refractivity contribution in [3.05, 3.63) is 70.5 Å². The number of carbonyl (C=O) groups is 4. The SMILES string of the molecule is O=C(c1ccc(F)cc1)[C@@H](CCCl)N(C(=O)c1ccc(Cl)cc1)N1C(=O)[C@H]2CCCC[C@H]2C1=O. The second-order valence-electron chi connectivity index (χ2n) is 8.51. The highest BCUT2D eigenvalue weighted by Crippen LogP contribution is 2.40. The maximum Gasteiger partial charge on any atom is 0.273 e. The first kappa shape index (κ1) is 24.4. The van der Waals surface area contributed by atoms with E-state index in [2.05, 4.69) is 0 Å². The Morgan fingerprint density at radius 3 is 2.00 bits per heavy atom. The lowest BCUT2D eigenvalue weighted by molar-refractivity contribution is -0.156. The van der Waals surface area contributed by atoms with Gasteiger partial charge in [-0.1, -0.05) is 24.4 Å². The Balaban J connectivity index is 1.80. The number of nitrogens with zero attached hydrogens (tertiary/aromatic N) is 2. The Labute approximate surface area is 206 Å². The molecule has 1 heterocycles. The summed E-state index contributed by atoms with van der Waals surface area (Å²) in [5, 5.41) is 2.22. The number of hydrogen-bond donors (Lipinski definition) is 0. The number of hydrazine groups is 1. The Hall–Kier alpha value is -2.77. The van der Waals surface area contributed by atoms with Crippen molar-refractivity contribution in [1.82, 2.24) is 10.0 Å². The topological polar surface area (TPSA) is 74.8 Å². The minimum atomic E-state index is -1.24. The molecule has 2 aromatic carbocycles. The Kier molecular flexibility index (Phi) is 7.33. The molecule has 0 N–H and O–H groups in total. The summed E-state index contributed by atoms with van der Waals surface area (Å²) in [7, 11) is 0. The van der Waals surface area contributed by atoms with E-state index >= 15 is 0 Å². The standard InChI is InChI=1S/C25H23Cl2FN2O4/c26-14-13-21(22(31)15-7-11-18(28)12-8-15)29(23(32)16-5-9-17(27)10-6-16)30-24(33)19-3-1-2-4-20(19)25(30)34/h5-12,19-21H,1-4,13-14H2/t19-,20+,21-/m1/s1. The van der Waals surface area contributed by atoms with Crippen LogP contribution in [0.2, 0.25) is 5.02 Å². The molecule has 1 aliphatic carbocycles. The summed E-state index contributed by atoms with van der Waals surface area (Å²) in [5.74, 6) is -3.76. The number of fused-ring (bicyclic) bond motifs is 1. The van der Waals surface area contributed by atoms with Gasteiger partial charge in [0.2, 0.25) is 0 Å². The highest BCUT2D eigenvalue weighted by atomic mass is 35.5. The maximum absolute atomic E-state index is 13.7. The van der Waals surface area contributed by atoms with Crippen molar-refractivity contribution >= 4 is 46.7 Å². The average molecular weight is 505 g/mol. The van der Waals surface area contributed by atoms with E-state index < -0.39 is 47.2 Å². The first-order valence-electron chi connectivity index (χ1n) is 11.2. The molecule has 0 bridgehead atoms. The van der Waals surface area contributed by atoms with E-state index in [1.807, 2.05) is 0 Å². The molecule has 1 saturated heterocycles. The first-order chi connectivity index (χ1) is 16.3. The van der Waals surface area contributed by atoms with E-state index in [4.69, 9.17) is 23.2 Å². The van der Waals surface area contributed by atoms with Crippen LogP contribution in [0.15, 0.2) is 48.5 Å². The third-order valence-corrected chi connectivity index (χ3v) is 6.91. The van der Waals surface area contributed by atoms with Gasteiger partial charge in [-0.15, -0.1) is 11.6 Å². The van der Waals surface area contributed by atoms with Crippen LogP contribution in [0.3, 0.4) is 0 Å². The van der Waals surface area contributed by atoms with E-state index in [0.717, 1.165) is 35.0 Å². The van der Waals surface area contributed by atoms with Gasteiger partial charge in [-0.2, -0.15) is 5.01 Å². The van der Waals surface area contributed by atoms with Crippen molar-refractivity contribution in [1.29, 1.82) is 0 Å². The number of imide groups is 1. The summed E-state index contributed by atoms with van der Waals surface area (Å²) in [6, 6.07) is 9.60. The largest absolute Gasteiger partial charge is 0.292 e. The van der Waals surface area contributed by atoms with Gasteiger partial charge in [-0.25, -0.2) is 9.40 Å². The second kappa shape index (κ2) is 10.2. The van der Waals surface area contributed by atoms with E-state index in [9.17, 15) is 23.6 Å². The number of Topliss-reactive ketones (excluding diaryl/α,β-unsaturated/α-hetero) is 1. The number of halogens is 3. The fraction of sp³-hybridized carbons (Fsp3) is 0.360. The summed E-state index contributed by atoms with van der Waals surface area (Å²) in [5.41, 5.74) is 0.299. The smallest absolute Gasteiger partial charge is 0.273 e. The van der Waals surface area contributed by atoms with Gasteiger partial charge in [0.15, 0.2) is 5.78 Å². The molecule has 0 unspecified atom stereocenters. The van der Waals surface area contributed by atoms with E-state index in [0.29, 0.717) is 17.9 Å². The van der Waals surface area contributed by atoms with Crippen molar-refractivity contribution < 1.29 is 23.6 Å². The number of benzene rings is 2. The van der Waals surface area contributed by atoms with Crippen LogP contribution in [-0.4, -0.2) is 45.4 Å². The molecule has 1 aliphatic heterocycles. The predicted molar refractivity (Wildman–Crippen MR) is 125 cm³/mol. The van der Waals surface area contributed by atoms with Crippen LogP contribution in [0.1, 0.15) is 52.8 Å². The zero-order valence-electron chi connectivity index (χ0n) is 18.3. The molecular formula is C25H23Cl2FN2O4. The van der Waals surface area contributed by atoms with Gasteiger partial charge < -0.3 is 0 Å².